The minimum atomic E-state index is -0.254. The molecule has 0 aromatic heterocycles. The van der Waals surface area contributed by atoms with Crippen molar-refractivity contribution in [2.24, 2.45) is 0 Å². The number of rotatable bonds is 23. The number of hydrogen-bond donors (Lipinski definition) is 0. The summed E-state index contributed by atoms with van der Waals surface area (Å²) in [5.74, 6) is 1.55. The van der Waals surface area contributed by atoms with E-state index < -0.39 is 0 Å². The van der Waals surface area contributed by atoms with Crippen molar-refractivity contribution in [1.82, 2.24) is 9.80 Å². The third kappa shape index (κ3) is 21.6. The van der Waals surface area contributed by atoms with E-state index in [2.05, 4.69) is 11.8 Å². The monoisotopic (exact) mass is 520 g/mol. The van der Waals surface area contributed by atoms with Crippen LogP contribution in [0.2, 0.25) is 0 Å². The summed E-state index contributed by atoms with van der Waals surface area (Å²) < 4.78 is 10.3. The molecule has 0 aromatic rings. The highest BCUT2D eigenvalue weighted by Gasteiger charge is 2.15. The van der Waals surface area contributed by atoms with Crippen LogP contribution in [0.5, 0.6) is 0 Å². The van der Waals surface area contributed by atoms with Gasteiger partial charge in [-0.05, 0) is 53.2 Å². The molecule has 200 valence electrons. The number of carbonyl (C=O) groups excluding carboxylic acids is 3. The SMILES string of the molecule is CCCCCCCOC(=O)CCCSSCCCC(=O)N(CCCN(C)C)CCC(=O)OCC. The number of nitrogens with zero attached hydrogens (tertiary/aromatic N) is 2. The molecule has 0 N–H and O–H groups in total. The Morgan fingerprint density at radius 1 is 0.676 bits per heavy atom. The molecule has 1 amide bonds. The van der Waals surface area contributed by atoms with E-state index in [1.165, 1.54) is 19.3 Å². The first-order valence-corrected chi connectivity index (χ1v) is 15.4. The number of ether oxygens (including phenoxy) is 2. The van der Waals surface area contributed by atoms with Gasteiger partial charge in [-0.15, -0.1) is 0 Å². The molecule has 0 saturated heterocycles. The summed E-state index contributed by atoms with van der Waals surface area (Å²) in [5, 5.41) is 0. The average molecular weight is 521 g/mol. The predicted molar refractivity (Wildman–Crippen MR) is 144 cm³/mol. The number of esters is 2. The van der Waals surface area contributed by atoms with Gasteiger partial charge in [0, 0.05) is 37.4 Å². The summed E-state index contributed by atoms with van der Waals surface area (Å²) in [5.41, 5.74) is 0. The normalized spacial score (nSPS) is 11.0. The molecular weight excluding hydrogens is 472 g/mol. The van der Waals surface area contributed by atoms with E-state index >= 15 is 0 Å². The number of hydrogen-bond acceptors (Lipinski definition) is 8. The molecule has 0 aliphatic carbocycles. The molecule has 9 heteroatoms. The van der Waals surface area contributed by atoms with E-state index in [-0.39, 0.29) is 24.3 Å². The maximum atomic E-state index is 12.7. The van der Waals surface area contributed by atoms with E-state index in [1.807, 2.05) is 14.1 Å². The molecule has 0 rings (SSSR count). The van der Waals surface area contributed by atoms with Gasteiger partial charge in [0.25, 0.3) is 0 Å². The minimum absolute atomic E-state index is 0.0936. The van der Waals surface area contributed by atoms with Crippen LogP contribution >= 0.6 is 21.6 Å². The maximum absolute atomic E-state index is 12.7. The van der Waals surface area contributed by atoms with Crippen molar-refractivity contribution in [3.05, 3.63) is 0 Å². The lowest BCUT2D eigenvalue weighted by Crippen LogP contribution is -2.35. The fourth-order valence-electron chi connectivity index (χ4n) is 3.20. The second-order valence-corrected chi connectivity index (χ2v) is 11.3. The first kappa shape index (κ1) is 33.1. The Hall–Kier alpha value is -0.930. The summed E-state index contributed by atoms with van der Waals surface area (Å²) in [6, 6.07) is 0. The Morgan fingerprint density at radius 2 is 1.32 bits per heavy atom. The summed E-state index contributed by atoms with van der Waals surface area (Å²) in [7, 11) is 7.52. The standard InChI is InChI=1S/C25H48N2O5S2/c1-5-7-8-9-10-20-32-24(29)15-12-22-34-33-21-11-14-23(28)27(18-13-17-26(3)4)19-16-25(30)31-6-2/h5-22H2,1-4H3. The van der Waals surface area contributed by atoms with Gasteiger partial charge in [0.2, 0.25) is 5.91 Å². The van der Waals surface area contributed by atoms with Crippen molar-refractivity contribution >= 4 is 39.4 Å². The molecule has 0 heterocycles. The van der Waals surface area contributed by atoms with Crippen molar-refractivity contribution in [3.63, 3.8) is 0 Å². The van der Waals surface area contributed by atoms with Crippen molar-refractivity contribution in [1.29, 1.82) is 0 Å². The van der Waals surface area contributed by atoms with E-state index in [0.29, 0.717) is 39.1 Å². The average Bonchev–Trinajstić information content (AvgIpc) is 2.79. The first-order chi connectivity index (χ1) is 16.4. The smallest absolute Gasteiger partial charge is 0.307 e. The molecule has 0 atom stereocenters. The van der Waals surface area contributed by atoms with Gasteiger partial charge in [0.1, 0.15) is 0 Å². The van der Waals surface area contributed by atoms with Crippen molar-refractivity contribution in [3.8, 4) is 0 Å². The molecule has 0 bridgehead atoms. The Kier molecular flexibility index (Phi) is 23.1. The van der Waals surface area contributed by atoms with Gasteiger partial charge < -0.3 is 19.3 Å². The Morgan fingerprint density at radius 3 is 1.97 bits per heavy atom. The minimum Gasteiger partial charge on any atom is -0.466 e. The molecule has 7 nitrogen and oxygen atoms in total. The third-order valence-electron chi connectivity index (χ3n) is 5.10. The topological polar surface area (TPSA) is 76.2 Å². The summed E-state index contributed by atoms with van der Waals surface area (Å²) in [4.78, 5) is 40.0. The second-order valence-electron chi connectivity index (χ2n) is 8.58. The summed E-state index contributed by atoms with van der Waals surface area (Å²) >= 11 is 0. The van der Waals surface area contributed by atoms with E-state index in [0.717, 1.165) is 50.2 Å². The fourth-order valence-corrected chi connectivity index (χ4v) is 5.37. The van der Waals surface area contributed by atoms with E-state index in [1.54, 1.807) is 33.4 Å². The first-order valence-electron chi connectivity index (χ1n) is 12.9. The van der Waals surface area contributed by atoms with Crippen molar-refractivity contribution < 1.29 is 23.9 Å². The number of carbonyl (C=O) groups is 3. The highest BCUT2D eigenvalue weighted by Crippen LogP contribution is 2.24. The highest BCUT2D eigenvalue weighted by atomic mass is 33.1. The Balaban J connectivity index is 3.89. The van der Waals surface area contributed by atoms with Gasteiger partial charge in [0.05, 0.1) is 19.6 Å². The molecule has 0 saturated carbocycles. The van der Waals surface area contributed by atoms with Gasteiger partial charge in [-0.2, -0.15) is 0 Å². The highest BCUT2D eigenvalue weighted by molar-refractivity contribution is 8.76. The summed E-state index contributed by atoms with van der Waals surface area (Å²) in [6.45, 7) is 6.87. The van der Waals surface area contributed by atoms with Crippen LogP contribution in [0.15, 0.2) is 0 Å². The van der Waals surface area contributed by atoms with Crippen molar-refractivity contribution in [2.45, 2.75) is 84.5 Å². The van der Waals surface area contributed by atoms with Crippen LogP contribution in [0, 0.1) is 0 Å². The van der Waals surface area contributed by atoms with Gasteiger partial charge in [-0.3, -0.25) is 14.4 Å². The van der Waals surface area contributed by atoms with E-state index in [4.69, 9.17) is 9.47 Å². The Bertz CT molecular complexity index is 535. The number of unbranched alkanes of at least 4 members (excludes halogenated alkanes) is 4. The zero-order valence-corrected chi connectivity index (χ0v) is 23.6. The van der Waals surface area contributed by atoms with Crippen LogP contribution < -0.4 is 0 Å². The van der Waals surface area contributed by atoms with Crippen LogP contribution in [0.25, 0.3) is 0 Å². The van der Waals surface area contributed by atoms with Crippen LogP contribution in [0.3, 0.4) is 0 Å². The maximum Gasteiger partial charge on any atom is 0.307 e. The molecule has 34 heavy (non-hydrogen) atoms. The lowest BCUT2D eigenvalue weighted by atomic mass is 10.2. The van der Waals surface area contributed by atoms with Gasteiger partial charge >= 0.3 is 11.9 Å². The largest absolute Gasteiger partial charge is 0.466 e. The molecule has 0 aliphatic rings. The molecule has 0 aromatic carbocycles. The molecule has 0 aliphatic heterocycles. The zero-order chi connectivity index (χ0) is 25.4. The quantitative estimate of drug-likeness (QED) is 0.104. The Labute approximate surface area is 215 Å². The van der Waals surface area contributed by atoms with Crippen LogP contribution in [0.4, 0.5) is 0 Å². The lowest BCUT2D eigenvalue weighted by Gasteiger charge is -2.23. The number of amides is 1. The predicted octanol–water partition coefficient (Wildman–Crippen LogP) is 5.18. The van der Waals surface area contributed by atoms with Crippen LogP contribution in [0.1, 0.15) is 84.5 Å². The second kappa shape index (κ2) is 23.8. The molecule has 0 unspecified atom stereocenters. The molecule has 0 fully saturated rings. The zero-order valence-electron chi connectivity index (χ0n) is 22.0. The van der Waals surface area contributed by atoms with Gasteiger partial charge in [-0.1, -0.05) is 54.2 Å². The third-order valence-corrected chi connectivity index (χ3v) is 7.68. The van der Waals surface area contributed by atoms with Crippen LogP contribution in [-0.4, -0.2) is 86.1 Å². The lowest BCUT2D eigenvalue weighted by molar-refractivity contribution is -0.145. The van der Waals surface area contributed by atoms with Gasteiger partial charge in [-0.25, -0.2) is 0 Å². The molecular formula is C25H48N2O5S2. The van der Waals surface area contributed by atoms with Crippen LogP contribution in [-0.2, 0) is 23.9 Å². The molecule has 0 radical (unpaired) electrons. The fraction of sp³-hybridized carbons (Fsp3) is 0.880. The molecule has 0 spiro atoms. The van der Waals surface area contributed by atoms with Crippen molar-refractivity contribution in [2.75, 3.05) is 58.4 Å². The van der Waals surface area contributed by atoms with Gasteiger partial charge in [0.15, 0.2) is 0 Å². The van der Waals surface area contributed by atoms with E-state index in [9.17, 15) is 14.4 Å². The summed E-state index contributed by atoms with van der Waals surface area (Å²) in [6.07, 6.45) is 9.50.